The van der Waals surface area contributed by atoms with Crippen LogP contribution in [-0.2, 0) is 6.42 Å². The van der Waals surface area contributed by atoms with Crippen molar-refractivity contribution in [3.8, 4) is 0 Å². The Morgan fingerprint density at radius 2 is 2.07 bits per heavy atom. The number of nitrogens with two attached hydrogens (primary N) is 1. The molecule has 0 bridgehead atoms. The van der Waals surface area contributed by atoms with Gasteiger partial charge >= 0.3 is 0 Å². The predicted octanol–water partition coefficient (Wildman–Crippen LogP) is 2.20. The Kier molecular flexibility index (Phi) is 2.40. The standard InChI is InChI=1S/C11H17N3/c1-3-9-7(2)10(12)14-11(13-9)8-5-4-6-8/h8H,3-6H2,1-2H3,(H2,12,13,14). The third-order valence-electron chi connectivity index (χ3n) is 3.11. The fourth-order valence-electron chi connectivity index (χ4n) is 1.80. The van der Waals surface area contributed by atoms with Gasteiger partial charge in [-0.1, -0.05) is 13.3 Å². The number of aryl methyl sites for hydroxylation is 1. The Hall–Kier alpha value is -1.12. The third-order valence-corrected chi connectivity index (χ3v) is 3.11. The number of anilines is 1. The van der Waals surface area contributed by atoms with Crippen LogP contribution in [0.25, 0.3) is 0 Å². The van der Waals surface area contributed by atoms with E-state index in [0.717, 1.165) is 23.5 Å². The molecule has 1 aliphatic carbocycles. The van der Waals surface area contributed by atoms with Crippen LogP contribution in [0.5, 0.6) is 0 Å². The molecule has 0 aliphatic heterocycles. The predicted molar refractivity (Wildman–Crippen MR) is 57.2 cm³/mol. The molecule has 0 aromatic carbocycles. The van der Waals surface area contributed by atoms with Crippen molar-refractivity contribution in [2.45, 2.75) is 45.4 Å². The average Bonchev–Trinajstić information content (AvgIpc) is 2.08. The summed E-state index contributed by atoms with van der Waals surface area (Å²) in [6.45, 7) is 4.11. The molecule has 2 N–H and O–H groups in total. The van der Waals surface area contributed by atoms with E-state index in [1.807, 2.05) is 6.92 Å². The summed E-state index contributed by atoms with van der Waals surface area (Å²) in [5, 5.41) is 0. The van der Waals surface area contributed by atoms with Crippen LogP contribution in [0, 0.1) is 6.92 Å². The van der Waals surface area contributed by atoms with Gasteiger partial charge < -0.3 is 5.73 Å². The van der Waals surface area contributed by atoms with E-state index in [2.05, 4.69) is 16.9 Å². The van der Waals surface area contributed by atoms with Gasteiger partial charge in [0.15, 0.2) is 0 Å². The van der Waals surface area contributed by atoms with Crippen molar-refractivity contribution in [3.05, 3.63) is 17.1 Å². The largest absolute Gasteiger partial charge is 0.383 e. The maximum Gasteiger partial charge on any atom is 0.134 e. The lowest BCUT2D eigenvalue weighted by atomic mass is 9.84. The van der Waals surface area contributed by atoms with Crippen LogP contribution in [-0.4, -0.2) is 9.97 Å². The molecule has 2 rings (SSSR count). The van der Waals surface area contributed by atoms with Crippen LogP contribution in [0.4, 0.5) is 5.82 Å². The van der Waals surface area contributed by atoms with Crippen molar-refractivity contribution in [2.24, 2.45) is 0 Å². The van der Waals surface area contributed by atoms with E-state index in [9.17, 15) is 0 Å². The minimum atomic E-state index is 0.572. The van der Waals surface area contributed by atoms with Crippen molar-refractivity contribution in [1.82, 2.24) is 9.97 Å². The highest BCUT2D eigenvalue weighted by Crippen LogP contribution is 2.35. The molecule has 1 heterocycles. The Labute approximate surface area is 84.8 Å². The van der Waals surface area contributed by atoms with Gasteiger partial charge in [-0.15, -0.1) is 0 Å². The SMILES string of the molecule is CCc1nc(C2CCC2)nc(N)c1C. The number of nitrogen functional groups attached to an aromatic ring is 1. The molecule has 0 saturated heterocycles. The van der Waals surface area contributed by atoms with Gasteiger partial charge in [0.1, 0.15) is 11.6 Å². The van der Waals surface area contributed by atoms with E-state index in [0.29, 0.717) is 11.7 Å². The van der Waals surface area contributed by atoms with Crippen LogP contribution in [0.2, 0.25) is 0 Å². The molecule has 0 amide bonds. The molecule has 1 aromatic heterocycles. The fourth-order valence-corrected chi connectivity index (χ4v) is 1.80. The molecule has 0 unspecified atom stereocenters. The first-order valence-electron chi connectivity index (χ1n) is 5.35. The van der Waals surface area contributed by atoms with Crippen molar-refractivity contribution in [1.29, 1.82) is 0 Å². The van der Waals surface area contributed by atoms with E-state index in [1.54, 1.807) is 0 Å². The summed E-state index contributed by atoms with van der Waals surface area (Å²) in [6, 6.07) is 0. The van der Waals surface area contributed by atoms with E-state index in [-0.39, 0.29) is 0 Å². The van der Waals surface area contributed by atoms with Gasteiger partial charge in [-0.05, 0) is 26.2 Å². The average molecular weight is 191 g/mol. The lowest BCUT2D eigenvalue weighted by molar-refractivity contribution is 0.400. The zero-order valence-electron chi connectivity index (χ0n) is 8.88. The van der Waals surface area contributed by atoms with E-state index in [4.69, 9.17) is 5.73 Å². The highest BCUT2D eigenvalue weighted by molar-refractivity contribution is 5.41. The second-order valence-electron chi connectivity index (χ2n) is 4.02. The quantitative estimate of drug-likeness (QED) is 0.779. The summed E-state index contributed by atoms with van der Waals surface area (Å²) < 4.78 is 0. The Bertz CT molecular complexity index is 343. The zero-order chi connectivity index (χ0) is 10.1. The van der Waals surface area contributed by atoms with Crippen LogP contribution < -0.4 is 5.73 Å². The second-order valence-corrected chi connectivity index (χ2v) is 4.02. The minimum absolute atomic E-state index is 0.572. The topological polar surface area (TPSA) is 51.8 Å². The lowest BCUT2D eigenvalue weighted by Gasteiger charge is -2.24. The summed E-state index contributed by atoms with van der Waals surface area (Å²) in [6.07, 6.45) is 4.71. The van der Waals surface area contributed by atoms with Gasteiger partial charge in [-0.3, -0.25) is 0 Å². The van der Waals surface area contributed by atoms with Crippen molar-refractivity contribution in [2.75, 3.05) is 5.73 Å². The zero-order valence-corrected chi connectivity index (χ0v) is 8.88. The summed E-state index contributed by atoms with van der Waals surface area (Å²) in [7, 11) is 0. The molecule has 0 radical (unpaired) electrons. The molecule has 1 saturated carbocycles. The molecule has 3 nitrogen and oxygen atoms in total. The minimum Gasteiger partial charge on any atom is -0.383 e. The van der Waals surface area contributed by atoms with Gasteiger partial charge in [-0.2, -0.15) is 0 Å². The third kappa shape index (κ3) is 1.47. The van der Waals surface area contributed by atoms with Crippen LogP contribution in [0.1, 0.15) is 49.2 Å². The van der Waals surface area contributed by atoms with E-state index >= 15 is 0 Å². The van der Waals surface area contributed by atoms with Crippen molar-refractivity contribution < 1.29 is 0 Å². The number of hydrogen-bond acceptors (Lipinski definition) is 3. The summed E-state index contributed by atoms with van der Waals surface area (Å²) in [5.74, 6) is 2.21. The molecule has 1 aromatic rings. The highest BCUT2D eigenvalue weighted by atomic mass is 15.0. The fraction of sp³-hybridized carbons (Fsp3) is 0.636. The molecule has 1 aliphatic rings. The van der Waals surface area contributed by atoms with Gasteiger partial charge in [0.25, 0.3) is 0 Å². The number of nitrogens with zero attached hydrogens (tertiary/aromatic N) is 2. The molecule has 1 fully saturated rings. The first kappa shape index (κ1) is 9.44. The molecule has 76 valence electrons. The van der Waals surface area contributed by atoms with Crippen LogP contribution >= 0.6 is 0 Å². The van der Waals surface area contributed by atoms with Gasteiger partial charge in [0, 0.05) is 17.2 Å². The molecule has 3 heteroatoms. The first-order chi connectivity index (χ1) is 6.72. The van der Waals surface area contributed by atoms with Gasteiger partial charge in [0.05, 0.1) is 0 Å². The van der Waals surface area contributed by atoms with Gasteiger partial charge in [0.2, 0.25) is 0 Å². The number of aromatic nitrogens is 2. The number of hydrogen-bond donors (Lipinski definition) is 1. The highest BCUT2D eigenvalue weighted by Gasteiger charge is 2.23. The monoisotopic (exact) mass is 191 g/mol. The summed E-state index contributed by atoms with van der Waals surface area (Å²) in [4.78, 5) is 8.95. The Morgan fingerprint density at radius 1 is 1.36 bits per heavy atom. The molecule has 0 spiro atoms. The smallest absolute Gasteiger partial charge is 0.134 e. The van der Waals surface area contributed by atoms with Gasteiger partial charge in [-0.25, -0.2) is 9.97 Å². The maximum atomic E-state index is 5.86. The lowest BCUT2D eigenvalue weighted by Crippen LogP contribution is -2.15. The molecule has 14 heavy (non-hydrogen) atoms. The van der Waals surface area contributed by atoms with E-state index in [1.165, 1.54) is 19.3 Å². The molecular formula is C11H17N3. The van der Waals surface area contributed by atoms with Crippen LogP contribution in [0.15, 0.2) is 0 Å². The number of rotatable bonds is 2. The maximum absolute atomic E-state index is 5.86. The summed E-state index contributed by atoms with van der Waals surface area (Å²) >= 11 is 0. The molecular weight excluding hydrogens is 174 g/mol. The van der Waals surface area contributed by atoms with E-state index < -0.39 is 0 Å². The van der Waals surface area contributed by atoms with Crippen molar-refractivity contribution in [3.63, 3.8) is 0 Å². The van der Waals surface area contributed by atoms with Crippen molar-refractivity contribution >= 4 is 5.82 Å². The normalized spacial score (nSPS) is 16.7. The summed E-state index contributed by atoms with van der Waals surface area (Å²) in [5.41, 5.74) is 8.02. The van der Waals surface area contributed by atoms with Crippen LogP contribution in [0.3, 0.4) is 0 Å². The Balaban J connectivity index is 2.37. The Morgan fingerprint density at radius 3 is 2.57 bits per heavy atom. The second kappa shape index (κ2) is 3.56. The first-order valence-corrected chi connectivity index (χ1v) is 5.35. The molecule has 0 atom stereocenters.